The lowest BCUT2D eigenvalue weighted by molar-refractivity contribution is 0.579. The van der Waals surface area contributed by atoms with E-state index in [-0.39, 0.29) is 23.4 Å². The summed E-state index contributed by atoms with van der Waals surface area (Å²) >= 11 is 6.34. The molecule has 198 valence electrons. The molecule has 1 aliphatic carbocycles. The molecule has 5 aromatic rings. The van der Waals surface area contributed by atoms with Crippen molar-refractivity contribution < 1.29 is 4.39 Å². The number of tetrazole rings is 1. The minimum atomic E-state index is -0.509. The van der Waals surface area contributed by atoms with E-state index in [0.29, 0.717) is 34.2 Å². The number of allylic oxidation sites excluding steroid dienone is 1. The van der Waals surface area contributed by atoms with Gasteiger partial charge in [-0.15, -0.1) is 5.10 Å². The lowest BCUT2D eigenvalue weighted by Gasteiger charge is -2.20. The van der Waals surface area contributed by atoms with Gasteiger partial charge in [0.2, 0.25) is 5.95 Å². The second-order valence-corrected chi connectivity index (χ2v) is 11.0. The topological polar surface area (TPSA) is 122 Å². The van der Waals surface area contributed by atoms with E-state index in [9.17, 15) is 4.79 Å². The van der Waals surface area contributed by atoms with E-state index < -0.39 is 5.95 Å². The van der Waals surface area contributed by atoms with Gasteiger partial charge in [-0.25, -0.2) is 4.99 Å². The van der Waals surface area contributed by atoms with Crippen LogP contribution in [0.15, 0.2) is 70.6 Å². The lowest BCUT2D eigenvalue weighted by Crippen LogP contribution is -2.29. The minimum absolute atomic E-state index is 0.157. The number of anilines is 1. The van der Waals surface area contributed by atoms with E-state index in [4.69, 9.17) is 17.3 Å². The molecule has 0 radical (unpaired) electrons. The standard InChI is InChI=1S/C28H21ClFN9O/c1-37-23-6-13(2-4-16(23)28(31)34-37)18-11-21(33-27(18)30)26-20-10-19(20)24-7-14(8-25(40)39(24)26)17-9-15(29)3-5-22(17)38-12-32-35-36-38/h2-9,12,19-20,26H,10-11H2,1H3,(H2,31,34)/t19-,20+,26+/m1/s1. The predicted octanol–water partition coefficient (Wildman–Crippen LogP) is 4.45. The molecule has 12 heteroatoms. The third kappa shape index (κ3) is 3.33. The molecule has 40 heavy (non-hydrogen) atoms. The highest BCUT2D eigenvalue weighted by molar-refractivity contribution is 6.31. The zero-order valence-electron chi connectivity index (χ0n) is 21.2. The second kappa shape index (κ2) is 8.18. The van der Waals surface area contributed by atoms with Crippen LogP contribution in [0.2, 0.25) is 5.02 Å². The Balaban J connectivity index is 1.16. The first kappa shape index (κ1) is 23.3. The molecule has 10 nitrogen and oxygen atoms in total. The Morgan fingerprint density at radius 2 is 1.98 bits per heavy atom. The Hall–Kier alpha value is -4.64. The van der Waals surface area contributed by atoms with Gasteiger partial charge in [-0.3, -0.25) is 9.48 Å². The quantitative estimate of drug-likeness (QED) is 0.328. The molecule has 0 spiro atoms. The number of aromatic nitrogens is 7. The molecule has 2 N–H and O–H groups in total. The molecule has 1 saturated carbocycles. The van der Waals surface area contributed by atoms with Crippen LogP contribution in [0, 0.1) is 5.92 Å². The summed E-state index contributed by atoms with van der Waals surface area (Å²) in [5.41, 5.74) is 11.7. The number of aryl methyl sites for hydroxylation is 1. The van der Waals surface area contributed by atoms with Crippen molar-refractivity contribution in [2.24, 2.45) is 18.0 Å². The van der Waals surface area contributed by atoms with Crippen LogP contribution in [-0.2, 0) is 7.05 Å². The first-order valence-electron chi connectivity index (χ1n) is 12.9. The van der Waals surface area contributed by atoms with Crippen LogP contribution in [-0.4, -0.2) is 40.3 Å². The molecule has 3 aromatic heterocycles. The van der Waals surface area contributed by atoms with Crippen LogP contribution in [0.1, 0.15) is 36.1 Å². The Morgan fingerprint density at radius 3 is 2.80 bits per heavy atom. The number of rotatable bonds is 4. The van der Waals surface area contributed by atoms with Gasteiger partial charge in [0, 0.05) is 58.4 Å². The average molecular weight is 554 g/mol. The largest absolute Gasteiger partial charge is 0.382 e. The number of fused-ring (bicyclic) bond motifs is 4. The Labute approximate surface area is 231 Å². The van der Waals surface area contributed by atoms with E-state index in [0.717, 1.165) is 39.7 Å². The smallest absolute Gasteiger partial charge is 0.251 e. The fourth-order valence-corrected chi connectivity index (χ4v) is 6.57. The maximum atomic E-state index is 15.3. The SMILES string of the molecule is Cn1nc(N)c2ccc(C3=C(F)N=C([C@@H]4[C@H]5C[C@H]5c5cc(-c6cc(Cl)ccc6-n6cnnn6)cc(=O)n54)C3)cc21. The van der Waals surface area contributed by atoms with Gasteiger partial charge in [0.1, 0.15) is 6.33 Å². The molecule has 2 aromatic carbocycles. The Bertz CT molecular complexity index is 2010. The number of halogens is 2. The Kier molecular flexibility index (Phi) is 4.76. The summed E-state index contributed by atoms with van der Waals surface area (Å²) < 4.78 is 20.4. The number of pyridine rings is 1. The molecule has 2 aliphatic heterocycles. The number of aliphatic imine (C=N–C) groups is 1. The lowest BCUT2D eigenvalue weighted by atomic mass is 9.97. The second-order valence-electron chi connectivity index (χ2n) is 10.5. The molecule has 0 amide bonds. The van der Waals surface area contributed by atoms with Crippen LogP contribution in [0.3, 0.4) is 0 Å². The fraction of sp³-hybridized carbons (Fsp3) is 0.214. The molecular weight excluding hydrogens is 533 g/mol. The Morgan fingerprint density at radius 1 is 1.10 bits per heavy atom. The number of hydrogen-bond donors (Lipinski definition) is 1. The van der Waals surface area contributed by atoms with Crippen molar-refractivity contribution in [3.8, 4) is 16.8 Å². The van der Waals surface area contributed by atoms with Crippen molar-refractivity contribution >= 4 is 39.6 Å². The molecule has 8 rings (SSSR count). The van der Waals surface area contributed by atoms with Crippen molar-refractivity contribution in [3.05, 3.63) is 87.4 Å². The van der Waals surface area contributed by atoms with Crippen LogP contribution in [0.4, 0.5) is 10.2 Å². The van der Waals surface area contributed by atoms with Gasteiger partial charge in [-0.1, -0.05) is 17.7 Å². The predicted molar refractivity (Wildman–Crippen MR) is 149 cm³/mol. The summed E-state index contributed by atoms with van der Waals surface area (Å²) in [5.74, 6) is 0.360. The van der Waals surface area contributed by atoms with E-state index >= 15 is 4.39 Å². The fourth-order valence-electron chi connectivity index (χ4n) is 6.39. The summed E-state index contributed by atoms with van der Waals surface area (Å²) in [6.07, 6.45) is 2.77. The van der Waals surface area contributed by atoms with Crippen LogP contribution in [0.25, 0.3) is 33.3 Å². The van der Waals surface area contributed by atoms with Gasteiger partial charge in [-0.05, 0) is 70.3 Å². The number of nitrogens with two attached hydrogens (primary N) is 1. The van der Waals surface area contributed by atoms with E-state index in [1.165, 1.54) is 6.33 Å². The van der Waals surface area contributed by atoms with Crippen molar-refractivity contribution in [3.63, 3.8) is 0 Å². The first-order chi connectivity index (χ1) is 19.4. The summed E-state index contributed by atoms with van der Waals surface area (Å²) in [4.78, 5) is 18.0. The van der Waals surface area contributed by atoms with Crippen molar-refractivity contribution in [2.75, 3.05) is 5.73 Å². The van der Waals surface area contributed by atoms with E-state index in [2.05, 4.69) is 25.6 Å². The molecular formula is C28H21ClFN9O. The monoisotopic (exact) mass is 553 g/mol. The van der Waals surface area contributed by atoms with Gasteiger partial charge >= 0.3 is 0 Å². The number of nitrogens with zero attached hydrogens (tertiary/aromatic N) is 8. The number of hydrogen-bond acceptors (Lipinski definition) is 7. The molecule has 1 fully saturated rings. The van der Waals surface area contributed by atoms with Gasteiger partial charge < -0.3 is 10.3 Å². The third-order valence-electron chi connectivity index (χ3n) is 8.29. The summed E-state index contributed by atoms with van der Waals surface area (Å²) in [6, 6.07) is 14.3. The summed E-state index contributed by atoms with van der Waals surface area (Å²) in [5, 5.41) is 17.1. The highest BCUT2D eigenvalue weighted by atomic mass is 35.5. The van der Waals surface area contributed by atoms with Crippen LogP contribution >= 0.6 is 11.6 Å². The molecule has 0 unspecified atom stereocenters. The summed E-state index contributed by atoms with van der Waals surface area (Å²) in [7, 11) is 1.81. The molecule has 3 atom stereocenters. The minimum Gasteiger partial charge on any atom is -0.382 e. The van der Waals surface area contributed by atoms with Crippen molar-refractivity contribution in [1.29, 1.82) is 0 Å². The average Bonchev–Trinajstić information content (AvgIpc) is 3.26. The van der Waals surface area contributed by atoms with Crippen molar-refractivity contribution in [2.45, 2.75) is 24.8 Å². The van der Waals surface area contributed by atoms with Gasteiger partial charge in [0.05, 0.1) is 17.2 Å². The van der Waals surface area contributed by atoms with Crippen LogP contribution < -0.4 is 11.3 Å². The van der Waals surface area contributed by atoms with Gasteiger partial charge in [0.15, 0.2) is 5.82 Å². The van der Waals surface area contributed by atoms with Crippen LogP contribution in [0.5, 0.6) is 0 Å². The number of benzene rings is 2. The normalized spacial score (nSPS) is 21.2. The summed E-state index contributed by atoms with van der Waals surface area (Å²) in [6.45, 7) is 0. The van der Waals surface area contributed by atoms with E-state index in [1.807, 2.05) is 37.4 Å². The maximum Gasteiger partial charge on any atom is 0.251 e. The van der Waals surface area contributed by atoms with Gasteiger partial charge in [0.25, 0.3) is 5.56 Å². The molecule has 3 aliphatic rings. The molecule has 0 saturated heterocycles. The zero-order valence-corrected chi connectivity index (χ0v) is 21.9. The highest BCUT2D eigenvalue weighted by Crippen LogP contribution is 2.60. The van der Waals surface area contributed by atoms with Gasteiger partial charge in [-0.2, -0.15) is 14.2 Å². The first-order valence-corrected chi connectivity index (χ1v) is 13.2. The third-order valence-corrected chi connectivity index (χ3v) is 8.52. The van der Waals surface area contributed by atoms with Crippen molar-refractivity contribution in [1.82, 2.24) is 34.6 Å². The highest BCUT2D eigenvalue weighted by Gasteiger charge is 2.55. The zero-order chi connectivity index (χ0) is 27.3. The molecule has 5 heterocycles. The number of nitrogen functional groups attached to an aromatic ring is 1. The molecule has 0 bridgehead atoms. The maximum absolute atomic E-state index is 15.3. The van der Waals surface area contributed by atoms with E-state index in [1.54, 1.807) is 32.1 Å².